The minimum absolute atomic E-state index is 0.0860. The first-order chi connectivity index (χ1) is 17.2. The van der Waals surface area contributed by atoms with Crippen molar-refractivity contribution >= 4 is 5.91 Å². The molecule has 2 atom stereocenters. The fraction of sp³-hybridized carbons (Fsp3) is 0.774. The number of aliphatic hydroxyl groups is 1. The van der Waals surface area contributed by atoms with Crippen molar-refractivity contribution < 1.29 is 9.90 Å². The Hall–Kier alpha value is -1.39. The third-order valence-corrected chi connectivity index (χ3v) is 7.53. The van der Waals surface area contributed by atoms with Gasteiger partial charge in [0.05, 0.1) is 6.04 Å². The summed E-state index contributed by atoms with van der Waals surface area (Å²) in [5.41, 5.74) is 0.883. The fourth-order valence-corrected chi connectivity index (χ4v) is 5.29. The van der Waals surface area contributed by atoms with Crippen LogP contribution in [0.5, 0.6) is 0 Å². The molecule has 4 heteroatoms. The lowest BCUT2D eigenvalue weighted by atomic mass is 10.0. The zero-order chi connectivity index (χ0) is 25.0. The van der Waals surface area contributed by atoms with Crippen molar-refractivity contribution in [2.45, 2.75) is 135 Å². The predicted molar refractivity (Wildman–Crippen MR) is 149 cm³/mol. The second-order valence-electron chi connectivity index (χ2n) is 10.7. The van der Waals surface area contributed by atoms with Crippen LogP contribution in [0.3, 0.4) is 0 Å². The Labute approximate surface area is 216 Å². The predicted octanol–water partition coefficient (Wildman–Crippen LogP) is 7.56. The average molecular weight is 487 g/mol. The molecule has 0 saturated carbocycles. The number of carbonyl (C=O) groups excluding carboxylic acids is 1. The number of hydrogen-bond donors (Lipinski definition) is 2. The van der Waals surface area contributed by atoms with Crippen molar-refractivity contribution in [3.63, 3.8) is 0 Å². The highest BCUT2D eigenvalue weighted by atomic mass is 16.3. The molecular formula is C31H54N2O2. The van der Waals surface area contributed by atoms with Gasteiger partial charge in [0.15, 0.2) is 0 Å². The Balaban J connectivity index is 1.62. The summed E-state index contributed by atoms with van der Waals surface area (Å²) in [6, 6.07) is 9.53. The second-order valence-corrected chi connectivity index (χ2v) is 10.7. The molecule has 1 saturated heterocycles. The van der Waals surface area contributed by atoms with Crippen LogP contribution >= 0.6 is 0 Å². The molecule has 1 fully saturated rings. The molecule has 1 amide bonds. The quantitative estimate of drug-likeness (QED) is 0.198. The average Bonchev–Trinajstić information content (AvgIpc) is 3.15. The molecule has 0 spiro atoms. The van der Waals surface area contributed by atoms with Crippen LogP contribution in [-0.4, -0.2) is 41.6 Å². The Morgan fingerprint density at radius 2 is 1.31 bits per heavy atom. The molecule has 1 aliphatic heterocycles. The molecule has 1 aliphatic rings. The highest BCUT2D eigenvalue weighted by Gasteiger charge is 2.25. The molecule has 2 rings (SSSR count). The van der Waals surface area contributed by atoms with Crippen molar-refractivity contribution in [1.29, 1.82) is 0 Å². The number of hydrogen-bond acceptors (Lipinski definition) is 3. The maximum absolute atomic E-state index is 12.8. The summed E-state index contributed by atoms with van der Waals surface area (Å²) in [5.74, 6) is 0.0860. The lowest BCUT2D eigenvalue weighted by Crippen LogP contribution is -2.47. The second kappa shape index (κ2) is 19.8. The third kappa shape index (κ3) is 14.1. The molecule has 0 radical (unpaired) electrons. The Kier molecular flexibility index (Phi) is 16.8. The molecule has 35 heavy (non-hydrogen) atoms. The third-order valence-electron chi connectivity index (χ3n) is 7.53. The zero-order valence-electron chi connectivity index (χ0n) is 22.7. The van der Waals surface area contributed by atoms with Crippen LogP contribution in [0.4, 0.5) is 0 Å². The number of likely N-dealkylation sites (tertiary alicyclic amines) is 1. The number of aliphatic hydroxyl groups excluding tert-OH is 1. The van der Waals surface area contributed by atoms with Gasteiger partial charge in [-0.25, -0.2) is 0 Å². The Morgan fingerprint density at radius 1 is 0.800 bits per heavy atom. The number of rotatable bonds is 19. The van der Waals surface area contributed by atoms with E-state index in [0.717, 1.165) is 38.0 Å². The summed E-state index contributed by atoms with van der Waals surface area (Å²) in [6.07, 6.45) is 21.9. The van der Waals surface area contributed by atoms with E-state index < -0.39 is 6.10 Å². The standard InChI is InChI=1S/C31H54N2O2/c1-2-3-4-5-6-7-8-9-10-11-12-13-19-24-30(34)32-29(27-33-25-20-14-15-21-26-33)31(35)28-22-17-16-18-23-28/h16-18,22-23,29,31,35H,2-15,19-21,24-27H2,1H3,(H,32,34)/t29-,31-/m1/s1. The number of unbranched alkanes of at least 4 members (excludes halogenated alkanes) is 12. The van der Waals surface area contributed by atoms with Crippen LogP contribution in [-0.2, 0) is 4.79 Å². The van der Waals surface area contributed by atoms with Gasteiger partial charge in [-0.1, -0.05) is 127 Å². The maximum atomic E-state index is 12.8. The first-order valence-electron chi connectivity index (χ1n) is 15.0. The summed E-state index contributed by atoms with van der Waals surface area (Å²) in [5, 5.41) is 14.3. The van der Waals surface area contributed by atoms with Gasteiger partial charge in [-0.05, 0) is 37.9 Å². The van der Waals surface area contributed by atoms with E-state index in [-0.39, 0.29) is 11.9 Å². The van der Waals surface area contributed by atoms with Crippen molar-refractivity contribution in [3.8, 4) is 0 Å². The maximum Gasteiger partial charge on any atom is 0.220 e. The summed E-state index contributed by atoms with van der Waals surface area (Å²) >= 11 is 0. The van der Waals surface area contributed by atoms with E-state index in [4.69, 9.17) is 0 Å². The Morgan fingerprint density at radius 3 is 1.86 bits per heavy atom. The van der Waals surface area contributed by atoms with Gasteiger partial charge in [0.25, 0.3) is 0 Å². The molecular weight excluding hydrogens is 432 g/mol. The van der Waals surface area contributed by atoms with Gasteiger partial charge in [-0.15, -0.1) is 0 Å². The first kappa shape index (κ1) is 29.8. The molecule has 0 aromatic heterocycles. The largest absolute Gasteiger partial charge is 0.386 e. The van der Waals surface area contributed by atoms with Crippen molar-refractivity contribution in [1.82, 2.24) is 10.2 Å². The van der Waals surface area contributed by atoms with E-state index >= 15 is 0 Å². The molecule has 1 heterocycles. The minimum atomic E-state index is -0.671. The van der Waals surface area contributed by atoms with Crippen molar-refractivity contribution in [2.24, 2.45) is 0 Å². The monoisotopic (exact) mass is 486 g/mol. The molecule has 1 aromatic carbocycles. The van der Waals surface area contributed by atoms with E-state index in [1.165, 1.54) is 96.3 Å². The number of nitrogens with zero attached hydrogens (tertiary/aromatic N) is 1. The van der Waals surface area contributed by atoms with Gasteiger partial charge in [-0.2, -0.15) is 0 Å². The van der Waals surface area contributed by atoms with Crippen molar-refractivity contribution in [3.05, 3.63) is 35.9 Å². The van der Waals surface area contributed by atoms with Gasteiger partial charge in [0.1, 0.15) is 6.10 Å². The molecule has 1 aromatic rings. The van der Waals surface area contributed by atoms with Crippen LogP contribution in [0, 0.1) is 0 Å². The van der Waals surface area contributed by atoms with Crippen LogP contribution < -0.4 is 5.32 Å². The van der Waals surface area contributed by atoms with E-state index in [0.29, 0.717) is 6.42 Å². The number of benzene rings is 1. The lowest BCUT2D eigenvalue weighted by Gasteiger charge is -2.30. The molecule has 2 N–H and O–H groups in total. The Bertz CT molecular complexity index is 628. The smallest absolute Gasteiger partial charge is 0.220 e. The summed E-state index contributed by atoms with van der Waals surface area (Å²) in [6.45, 7) is 5.12. The van der Waals surface area contributed by atoms with Crippen LogP contribution in [0.1, 0.15) is 134 Å². The fourth-order valence-electron chi connectivity index (χ4n) is 5.29. The van der Waals surface area contributed by atoms with Crippen LogP contribution in [0.2, 0.25) is 0 Å². The SMILES string of the molecule is CCCCCCCCCCCCCCCC(=O)N[C@H](CN1CCCCCC1)[C@H](O)c1ccccc1. The number of amides is 1. The van der Waals surface area contributed by atoms with Crippen LogP contribution in [0.25, 0.3) is 0 Å². The highest BCUT2D eigenvalue weighted by Crippen LogP contribution is 2.20. The zero-order valence-corrected chi connectivity index (χ0v) is 22.7. The van der Waals surface area contributed by atoms with Crippen LogP contribution in [0.15, 0.2) is 30.3 Å². The molecule has 0 unspecified atom stereocenters. The number of carbonyl (C=O) groups is 1. The van der Waals surface area contributed by atoms with Gasteiger partial charge in [-0.3, -0.25) is 4.79 Å². The van der Waals surface area contributed by atoms with E-state index in [9.17, 15) is 9.90 Å². The van der Waals surface area contributed by atoms with Gasteiger partial charge < -0.3 is 15.3 Å². The first-order valence-corrected chi connectivity index (χ1v) is 15.0. The summed E-state index contributed by atoms with van der Waals surface area (Å²) in [4.78, 5) is 15.2. The molecule has 200 valence electrons. The van der Waals surface area contributed by atoms with Gasteiger partial charge in [0, 0.05) is 13.0 Å². The van der Waals surface area contributed by atoms with Gasteiger partial charge in [0.2, 0.25) is 5.91 Å². The summed E-state index contributed by atoms with van der Waals surface area (Å²) < 4.78 is 0. The van der Waals surface area contributed by atoms with Gasteiger partial charge >= 0.3 is 0 Å². The van der Waals surface area contributed by atoms with E-state index in [1.807, 2.05) is 30.3 Å². The van der Waals surface area contributed by atoms with E-state index in [1.54, 1.807) is 0 Å². The lowest BCUT2D eigenvalue weighted by molar-refractivity contribution is -0.123. The number of nitrogens with one attached hydrogen (secondary N) is 1. The van der Waals surface area contributed by atoms with Crippen molar-refractivity contribution in [2.75, 3.05) is 19.6 Å². The highest BCUT2D eigenvalue weighted by molar-refractivity contribution is 5.76. The molecule has 0 aliphatic carbocycles. The summed E-state index contributed by atoms with van der Waals surface area (Å²) in [7, 11) is 0. The molecule has 0 bridgehead atoms. The molecule has 4 nitrogen and oxygen atoms in total. The minimum Gasteiger partial charge on any atom is -0.386 e. The topological polar surface area (TPSA) is 52.6 Å². The normalized spacial score (nSPS) is 16.5. The van der Waals surface area contributed by atoms with E-state index in [2.05, 4.69) is 17.1 Å².